The standard InChI is InChI=1S/C17H34O6/c1-3-5-6-7-8-17(18)23-16-15-22-14-13-21-12-11-20-10-9-19-4-2/h3-16H2,1-2H3. The maximum Gasteiger partial charge on any atom is 0.305 e. The van der Waals surface area contributed by atoms with Gasteiger partial charge in [-0.3, -0.25) is 4.79 Å². The Labute approximate surface area is 140 Å². The van der Waals surface area contributed by atoms with Crippen LogP contribution in [0.5, 0.6) is 0 Å². The van der Waals surface area contributed by atoms with E-state index >= 15 is 0 Å². The maximum absolute atomic E-state index is 11.4. The molecular weight excluding hydrogens is 300 g/mol. The van der Waals surface area contributed by atoms with E-state index in [9.17, 15) is 4.79 Å². The van der Waals surface area contributed by atoms with Crippen molar-refractivity contribution in [1.29, 1.82) is 0 Å². The van der Waals surface area contributed by atoms with Crippen LogP contribution < -0.4 is 0 Å². The van der Waals surface area contributed by atoms with Crippen molar-refractivity contribution in [3.8, 4) is 0 Å². The average Bonchev–Trinajstić information content (AvgIpc) is 2.56. The van der Waals surface area contributed by atoms with Gasteiger partial charge in [0.2, 0.25) is 0 Å². The highest BCUT2D eigenvalue weighted by molar-refractivity contribution is 5.69. The number of carbonyl (C=O) groups excluding carboxylic acids is 1. The molecular formula is C17H34O6. The Morgan fingerprint density at radius 3 is 1.70 bits per heavy atom. The minimum atomic E-state index is -0.134. The fourth-order valence-electron chi connectivity index (χ4n) is 1.79. The maximum atomic E-state index is 11.4. The van der Waals surface area contributed by atoms with Crippen molar-refractivity contribution >= 4 is 5.97 Å². The Bertz CT molecular complexity index is 247. The Kier molecular flexibility index (Phi) is 18.8. The summed E-state index contributed by atoms with van der Waals surface area (Å²) >= 11 is 0. The number of carbonyl (C=O) groups is 1. The quantitative estimate of drug-likeness (QED) is 0.284. The molecule has 138 valence electrons. The van der Waals surface area contributed by atoms with Gasteiger partial charge in [0.1, 0.15) is 6.61 Å². The number of hydrogen-bond donors (Lipinski definition) is 0. The van der Waals surface area contributed by atoms with E-state index in [1.807, 2.05) is 6.92 Å². The fourth-order valence-corrected chi connectivity index (χ4v) is 1.79. The number of rotatable bonds is 18. The summed E-state index contributed by atoms with van der Waals surface area (Å²) in [5, 5.41) is 0. The van der Waals surface area contributed by atoms with Gasteiger partial charge >= 0.3 is 5.97 Å². The van der Waals surface area contributed by atoms with Gasteiger partial charge in [0.05, 0.1) is 46.2 Å². The molecule has 0 aromatic heterocycles. The van der Waals surface area contributed by atoms with Crippen LogP contribution in [0.1, 0.15) is 46.0 Å². The van der Waals surface area contributed by atoms with Crippen molar-refractivity contribution in [2.75, 3.05) is 59.5 Å². The summed E-state index contributed by atoms with van der Waals surface area (Å²) in [7, 11) is 0. The monoisotopic (exact) mass is 334 g/mol. The molecule has 0 atom stereocenters. The van der Waals surface area contributed by atoms with Crippen LogP contribution >= 0.6 is 0 Å². The highest BCUT2D eigenvalue weighted by Gasteiger charge is 2.02. The summed E-state index contributed by atoms with van der Waals surface area (Å²) in [5.41, 5.74) is 0. The van der Waals surface area contributed by atoms with Gasteiger partial charge in [-0.05, 0) is 13.3 Å². The minimum absolute atomic E-state index is 0.134. The third-order valence-electron chi connectivity index (χ3n) is 3.05. The molecule has 0 spiro atoms. The smallest absolute Gasteiger partial charge is 0.305 e. The van der Waals surface area contributed by atoms with Crippen LogP contribution in [0, 0.1) is 0 Å². The fraction of sp³-hybridized carbons (Fsp3) is 0.941. The summed E-state index contributed by atoms with van der Waals surface area (Å²) in [6, 6.07) is 0. The first-order chi connectivity index (χ1) is 11.3. The second-order valence-corrected chi connectivity index (χ2v) is 5.07. The molecule has 0 aromatic carbocycles. The SMILES string of the molecule is CCCCCCC(=O)OCCOCCOCCOCCOCC. The first kappa shape index (κ1) is 22.3. The third-order valence-corrected chi connectivity index (χ3v) is 3.05. The first-order valence-electron chi connectivity index (χ1n) is 8.77. The highest BCUT2D eigenvalue weighted by atomic mass is 16.6. The molecule has 0 radical (unpaired) electrons. The van der Waals surface area contributed by atoms with E-state index in [-0.39, 0.29) is 5.97 Å². The van der Waals surface area contributed by atoms with Crippen molar-refractivity contribution < 1.29 is 28.5 Å². The van der Waals surface area contributed by atoms with E-state index in [2.05, 4.69) is 6.92 Å². The zero-order valence-electron chi connectivity index (χ0n) is 14.8. The summed E-state index contributed by atoms with van der Waals surface area (Å²) in [5.74, 6) is -0.134. The van der Waals surface area contributed by atoms with Gasteiger partial charge in [0, 0.05) is 13.0 Å². The number of esters is 1. The largest absolute Gasteiger partial charge is 0.463 e. The van der Waals surface area contributed by atoms with Crippen molar-refractivity contribution in [3.05, 3.63) is 0 Å². The van der Waals surface area contributed by atoms with E-state index in [0.29, 0.717) is 65.9 Å². The molecule has 0 fully saturated rings. The van der Waals surface area contributed by atoms with Gasteiger partial charge in [0.15, 0.2) is 0 Å². The average molecular weight is 334 g/mol. The van der Waals surface area contributed by atoms with Gasteiger partial charge in [0.25, 0.3) is 0 Å². The lowest BCUT2D eigenvalue weighted by molar-refractivity contribution is -0.145. The highest BCUT2D eigenvalue weighted by Crippen LogP contribution is 2.03. The van der Waals surface area contributed by atoms with E-state index < -0.39 is 0 Å². The minimum Gasteiger partial charge on any atom is -0.463 e. The number of unbranched alkanes of at least 4 members (excludes halogenated alkanes) is 3. The summed E-state index contributed by atoms with van der Waals surface area (Å²) in [6.07, 6.45) is 4.85. The van der Waals surface area contributed by atoms with Gasteiger partial charge in [-0.15, -0.1) is 0 Å². The van der Waals surface area contributed by atoms with Crippen LogP contribution in [-0.2, 0) is 28.5 Å². The molecule has 0 amide bonds. The van der Waals surface area contributed by atoms with Crippen molar-refractivity contribution in [3.63, 3.8) is 0 Å². The molecule has 0 heterocycles. The molecule has 0 aromatic rings. The van der Waals surface area contributed by atoms with E-state index in [4.69, 9.17) is 23.7 Å². The Morgan fingerprint density at radius 2 is 1.17 bits per heavy atom. The van der Waals surface area contributed by atoms with E-state index in [1.54, 1.807) is 0 Å². The van der Waals surface area contributed by atoms with Crippen LogP contribution in [0.25, 0.3) is 0 Å². The second kappa shape index (κ2) is 19.4. The van der Waals surface area contributed by atoms with Gasteiger partial charge in [-0.2, -0.15) is 0 Å². The Balaban J connectivity index is 3.08. The third kappa shape index (κ3) is 19.3. The van der Waals surface area contributed by atoms with Crippen LogP contribution in [0.15, 0.2) is 0 Å². The first-order valence-corrected chi connectivity index (χ1v) is 8.77. The normalized spacial score (nSPS) is 10.9. The molecule has 0 saturated heterocycles. The lowest BCUT2D eigenvalue weighted by atomic mass is 10.2. The summed E-state index contributed by atoms with van der Waals surface area (Å²) in [6.45, 7) is 8.87. The van der Waals surface area contributed by atoms with Gasteiger partial charge in [-0.1, -0.05) is 26.2 Å². The molecule has 0 aliphatic rings. The predicted molar refractivity (Wildman–Crippen MR) is 88.7 cm³/mol. The molecule has 0 bridgehead atoms. The number of hydrogen-bond acceptors (Lipinski definition) is 6. The molecule has 0 saturated carbocycles. The Morgan fingerprint density at radius 1 is 0.652 bits per heavy atom. The molecule has 0 unspecified atom stereocenters. The zero-order chi connectivity index (χ0) is 17.0. The molecule has 6 heteroatoms. The van der Waals surface area contributed by atoms with Gasteiger partial charge in [-0.25, -0.2) is 0 Å². The lowest BCUT2D eigenvalue weighted by Gasteiger charge is -2.07. The molecule has 6 nitrogen and oxygen atoms in total. The Hall–Kier alpha value is -0.690. The van der Waals surface area contributed by atoms with Crippen LogP contribution in [-0.4, -0.2) is 65.4 Å². The van der Waals surface area contributed by atoms with Crippen LogP contribution in [0.3, 0.4) is 0 Å². The van der Waals surface area contributed by atoms with E-state index in [0.717, 1.165) is 12.8 Å². The van der Waals surface area contributed by atoms with Crippen molar-refractivity contribution in [2.24, 2.45) is 0 Å². The van der Waals surface area contributed by atoms with Crippen LogP contribution in [0.2, 0.25) is 0 Å². The molecule has 0 aliphatic heterocycles. The molecule has 0 N–H and O–H groups in total. The van der Waals surface area contributed by atoms with Crippen molar-refractivity contribution in [1.82, 2.24) is 0 Å². The molecule has 0 aliphatic carbocycles. The van der Waals surface area contributed by atoms with E-state index in [1.165, 1.54) is 12.8 Å². The number of ether oxygens (including phenoxy) is 5. The van der Waals surface area contributed by atoms with Crippen molar-refractivity contribution in [2.45, 2.75) is 46.0 Å². The molecule has 23 heavy (non-hydrogen) atoms. The van der Waals surface area contributed by atoms with Crippen LogP contribution in [0.4, 0.5) is 0 Å². The topological polar surface area (TPSA) is 63.2 Å². The molecule has 0 rings (SSSR count). The zero-order valence-corrected chi connectivity index (χ0v) is 14.8. The second-order valence-electron chi connectivity index (χ2n) is 5.07. The lowest BCUT2D eigenvalue weighted by Crippen LogP contribution is -2.14. The predicted octanol–water partition coefficient (Wildman–Crippen LogP) is 2.59. The summed E-state index contributed by atoms with van der Waals surface area (Å²) < 4.78 is 26.2. The van der Waals surface area contributed by atoms with Gasteiger partial charge < -0.3 is 23.7 Å². The summed E-state index contributed by atoms with van der Waals surface area (Å²) in [4.78, 5) is 11.4.